The summed E-state index contributed by atoms with van der Waals surface area (Å²) >= 11 is 1.66. The van der Waals surface area contributed by atoms with Crippen LogP contribution in [0, 0.1) is 0 Å². The number of aromatic nitrogens is 2. The third-order valence-electron chi connectivity index (χ3n) is 2.84. The summed E-state index contributed by atoms with van der Waals surface area (Å²) in [5.41, 5.74) is 5.43. The minimum Gasteiger partial charge on any atom is -0.232 e. The van der Waals surface area contributed by atoms with Crippen molar-refractivity contribution in [2.24, 2.45) is 0 Å². The second-order valence-corrected chi connectivity index (χ2v) is 7.44. The SMILES string of the molecule is CC(C)(C)c1cc2scnc2nc1C(C)(C)C. The van der Waals surface area contributed by atoms with E-state index in [1.165, 1.54) is 16.0 Å². The standard InChI is InChI=1S/C14H20N2S/c1-13(2,3)9-7-10-12(15-8-17-10)16-11(9)14(4,5)6/h7-8H,1-6H3. The molecule has 2 rings (SSSR count). The predicted octanol–water partition coefficient (Wildman–Crippen LogP) is 4.29. The van der Waals surface area contributed by atoms with Crippen LogP contribution in [0.4, 0.5) is 0 Å². The van der Waals surface area contributed by atoms with Crippen molar-refractivity contribution in [3.8, 4) is 0 Å². The van der Waals surface area contributed by atoms with E-state index in [1.54, 1.807) is 11.3 Å². The molecule has 0 amide bonds. The molecule has 2 aromatic rings. The molecule has 0 aliphatic heterocycles. The number of fused-ring (bicyclic) bond motifs is 1. The molecule has 0 spiro atoms. The normalized spacial score (nSPS) is 13.3. The number of hydrogen-bond acceptors (Lipinski definition) is 3. The van der Waals surface area contributed by atoms with Crippen LogP contribution in [0.1, 0.15) is 52.8 Å². The molecule has 17 heavy (non-hydrogen) atoms. The summed E-state index contributed by atoms with van der Waals surface area (Å²) in [6.07, 6.45) is 0. The summed E-state index contributed by atoms with van der Waals surface area (Å²) in [6, 6.07) is 2.26. The van der Waals surface area contributed by atoms with Gasteiger partial charge in [-0.3, -0.25) is 0 Å². The zero-order chi connectivity index (χ0) is 12.8. The molecule has 2 nitrogen and oxygen atoms in total. The van der Waals surface area contributed by atoms with E-state index in [4.69, 9.17) is 4.98 Å². The number of nitrogens with zero attached hydrogens (tertiary/aromatic N) is 2. The molecule has 0 atom stereocenters. The summed E-state index contributed by atoms with van der Waals surface area (Å²) in [5, 5.41) is 0. The maximum atomic E-state index is 4.77. The highest BCUT2D eigenvalue weighted by Gasteiger charge is 2.27. The molecule has 0 saturated heterocycles. The number of pyridine rings is 1. The van der Waals surface area contributed by atoms with Gasteiger partial charge in [0, 0.05) is 5.41 Å². The topological polar surface area (TPSA) is 25.8 Å². The first-order chi connectivity index (χ1) is 7.69. The Hall–Kier alpha value is -0.960. The predicted molar refractivity (Wildman–Crippen MR) is 74.8 cm³/mol. The molecule has 92 valence electrons. The Kier molecular flexibility index (Phi) is 2.77. The van der Waals surface area contributed by atoms with Gasteiger partial charge in [0.15, 0.2) is 5.65 Å². The third-order valence-corrected chi connectivity index (χ3v) is 3.61. The minimum absolute atomic E-state index is 0.0560. The number of rotatable bonds is 0. The summed E-state index contributed by atoms with van der Waals surface area (Å²) < 4.78 is 1.18. The van der Waals surface area contributed by atoms with Crippen LogP contribution in [-0.4, -0.2) is 9.97 Å². The smallest absolute Gasteiger partial charge is 0.170 e. The molecule has 0 N–H and O–H groups in total. The number of thiazole rings is 1. The minimum atomic E-state index is 0.0560. The fourth-order valence-electron chi connectivity index (χ4n) is 1.94. The van der Waals surface area contributed by atoms with E-state index in [0.29, 0.717) is 0 Å². The average Bonchev–Trinajstić information content (AvgIpc) is 2.59. The Morgan fingerprint density at radius 1 is 1.00 bits per heavy atom. The highest BCUT2D eigenvalue weighted by molar-refractivity contribution is 7.16. The molecule has 2 heterocycles. The van der Waals surface area contributed by atoms with Crippen molar-refractivity contribution in [3.63, 3.8) is 0 Å². The van der Waals surface area contributed by atoms with Gasteiger partial charge in [-0.2, -0.15) is 0 Å². The van der Waals surface area contributed by atoms with Crippen LogP contribution < -0.4 is 0 Å². The molecule has 0 fully saturated rings. The van der Waals surface area contributed by atoms with E-state index < -0.39 is 0 Å². The van der Waals surface area contributed by atoms with Crippen molar-refractivity contribution in [3.05, 3.63) is 22.8 Å². The third kappa shape index (κ3) is 2.34. The molecule has 0 unspecified atom stereocenters. The first-order valence-corrected chi connectivity index (χ1v) is 6.83. The van der Waals surface area contributed by atoms with Gasteiger partial charge in [-0.25, -0.2) is 9.97 Å². The lowest BCUT2D eigenvalue weighted by Gasteiger charge is -2.28. The molecule has 2 aromatic heterocycles. The van der Waals surface area contributed by atoms with Gasteiger partial charge in [0.1, 0.15) is 0 Å². The zero-order valence-electron chi connectivity index (χ0n) is 11.5. The molecule has 0 aromatic carbocycles. The van der Waals surface area contributed by atoms with Crippen LogP contribution in [0.3, 0.4) is 0 Å². The summed E-state index contributed by atoms with van der Waals surface area (Å²) in [7, 11) is 0. The highest BCUT2D eigenvalue weighted by Crippen LogP contribution is 2.35. The monoisotopic (exact) mass is 248 g/mol. The van der Waals surface area contributed by atoms with Crippen molar-refractivity contribution < 1.29 is 0 Å². The van der Waals surface area contributed by atoms with Gasteiger partial charge in [-0.1, -0.05) is 41.5 Å². The molecule has 0 aliphatic rings. The van der Waals surface area contributed by atoms with Gasteiger partial charge in [0.2, 0.25) is 0 Å². The average molecular weight is 248 g/mol. The van der Waals surface area contributed by atoms with E-state index in [2.05, 4.69) is 52.6 Å². The van der Waals surface area contributed by atoms with Crippen LogP contribution in [0.25, 0.3) is 10.3 Å². The lowest BCUT2D eigenvalue weighted by molar-refractivity contribution is 0.516. The van der Waals surface area contributed by atoms with Crippen molar-refractivity contribution in [2.75, 3.05) is 0 Å². The van der Waals surface area contributed by atoms with Gasteiger partial charge in [0.25, 0.3) is 0 Å². The second kappa shape index (κ2) is 3.77. The van der Waals surface area contributed by atoms with Crippen molar-refractivity contribution in [1.29, 1.82) is 0 Å². The Morgan fingerprint density at radius 2 is 1.65 bits per heavy atom. The van der Waals surface area contributed by atoms with E-state index in [1.807, 2.05) is 5.51 Å². The first kappa shape index (κ1) is 12.5. The van der Waals surface area contributed by atoms with Gasteiger partial charge < -0.3 is 0 Å². The molecule has 0 radical (unpaired) electrons. The second-order valence-electron chi connectivity index (χ2n) is 6.56. The molecule has 0 aliphatic carbocycles. The van der Waals surface area contributed by atoms with E-state index in [9.17, 15) is 0 Å². The van der Waals surface area contributed by atoms with Gasteiger partial charge in [-0.05, 0) is 17.0 Å². The van der Waals surface area contributed by atoms with E-state index in [-0.39, 0.29) is 10.8 Å². The zero-order valence-corrected chi connectivity index (χ0v) is 12.3. The molecule has 0 bridgehead atoms. The maximum Gasteiger partial charge on any atom is 0.170 e. The Morgan fingerprint density at radius 3 is 2.18 bits per heavy atom. The van der Waals surface area contributed by atoms with Crippen molar-refractivity contribution in [2.45, 2.75) is 52.4 Å². The van der Waals surface area contributed by atoms with Crippen molar-refractivity contribution >= 4 is 21.7 Å². The van der Waals surface area contributed by atoms with Gasteiger partial charge >= 0.3 is 0 Å². The van der Waals surface area contributed by atoms with Gasteiger partial charge in [-0.15, -0.1) is 11.3 Å². The Balaban J connectivity index is 2.78. The summed E-state index contributed by atoms with van der Waals surface area (Å²) in [4.78, 5) is 9.10. The van der Waals surface area contributed by atoms with Crippen LogP contribution in [0.2, 0.25) is 0 Å². The molecular weight excluding hydrogens is 228 g/mol. The fourth-order valence-corrected chi connectivity index (χ4v) is 2.60. The van der Waals surface area contributed by atoms with Crippen molar-refractivity contribution in [1.82, 2.24) is 9.97 Å². The van der Waals surface area contributed by atoms with E-state index >= 15 is 0 Å². The molecule has 0 saturated carbocycles. The largest absolute Gasteiger partial charge is 0.232 e. The summed E-state index contributed by atoms with van der Waals surface area (Å²) in [6.45, 7) is 13.4. The van der Waals surface area contributed by atoms with E-state index in [0.717, 1.165) is 5.65 Å². The first-order valence-electron chi connectivity index (χ1n) is 5.95. The Labute approximate surface area is 107 Å². The maximum absolute atomic E-state index is 4.77. The summed E-state index contributed by atoms with van der Waals surface area (Å²) in [5.74, 6) is 0. The number of hydrogen-bond donors (Lipinski definition) is 0. The quantitative estimate of drug-likeness (QED) is 0.695. The van der Waals surface area contributed by atoms with Crippen LogP contribution >= 0.6 is 11.3 Å². The lowest BCUT2D eigenvalue weighted by Crippen LogP contribution is -2.23. The lowest BCUT2D eigenvalue weighted by atomic mass is 9.78. The fraction of sp³-hybridized carbons (Fsp3) is 0.571. The highest BCUT2D eigenvalue weighted by atomic mass is 32.1. The molecular formula is C14H20N2S. The van der Waals surface area contributed by atoms with Crippen LogP contribution in [0.5, 0.6) is 0 Å². The van der Waals surface area contributed by atoms with Crippen LogP contribution in [-0.2, 0) is 10.8 Å². The van der Waals surface area contributed by atoms with Crippen LogP contribution in [0.15, 0.2) is 11.6 Å². The van der Waals surface area contributed by atoms with Gasteiger partial charge in [0.05, 0.1) is 15.9 Å². The molecule has 3 heteroatoms. The Bertz CT molecular complexity index is 493.